The van der Waals surface area contributed by atoms with E-state index in [0.717, 1.165) is 35.8 Å². The van der Waals surface area contributed by atoms with Crippen LogP contribution in [0.15, 0.2) is 48.5 Å². The van der Waals surface area contributed by atoms with Crippen LogP contribution >= 0.6 is 11.3 Å². The molecule has 1 atom stereocenters. The van der Waals surface area contributed by atoms with Crippen molar-refractivity contribution in [1.82, 2.24) is 10.3 Å². The standard InChI is InChI=1S/C24H21N5O3S/c25-13-15-4-6-17(7-5-15)29-11-9-20(23(29)31)32-18-3-1-2-16(12-18)22(30)28-24-27-19-8-10-26-14-21(19)33-24/h1-7,12,20,26H,8-11,14H2,(H,27,28,30). The summed E-state index contributed by atoms with van der Waals surface area (Å²) in [6, 6.07) is 15.8. The zero-order chi connectivity index (χ0) is 22.8. The molecule has 9 heteroatoms. The van der Waals surface area contributed by atoms with Gasteiger partial charge in [-0.2, -0.15) is 5.26 Å². The van der Waals surface area contributed by atoms with Gasteiger partial charge in [0.1, 0.15) is 5.75 Å². The van der Waals surface area contributed by atoms with Gasteiger partial charge in [-0.25, -0.2) is 4.98 Å². The smallest absolute Gasteiger partial charge is 0.268 e. The Morgan fingerprint density at radius 3 is 2.91 bits per heavy atom. The van der Waals surface area contributed by atoms with Gasteiger partial charge in [-0.15, -0.1) is 11.3 Å². The first-order chi connectivity index (χ1) is 16.1. The normalized spacial score (nSPS) is 17.4. The largest absolute Gasteiger partial charge is 0.480 e. The molecule has 3 heterocycles. The highest BCUT2D eigenvalue weighted by atomic mass is 32.1. The van der Waals surface area contributed by atoms with Crippen molar-refractivity contribution in [3.8, 4) is 11.8 Å². The van der Waals surface area contributed by atoms with Crippen LogP contribution < -0.4 is 20.3 Å². The lowest BCUT2D eigenvalue weighted by molar-refractivity contribution is -0.122. The van der Waals surface area contributed by atoms with Gasteiger partial charge in [0.05, 0.1) is 17.3 Å². The van der Waals surface area contributed by atoms with E-state index in [2.05, 4.69) is 21.7 Å². The van der Waals surface area contributed by atoms with E-state index in [1.165, 1.54) is 11.3 Å². The van der Waals surface area contributed by atoms with Crippen LogP contribution in [-0.2, 0) is 17.8 Å². The minimum absolute atomic E-state index is 0.142. The lowest BCUT2D eigenvalue weighted by Gasteiger charge is -2.17. The summed E-state index contributed by atoms with van der Waals surface area (Å²) in [7, 11) is 0. The third kappa shape index (κ3) is 4.44. The average molecular weight is 460 g/mol. The first-order valence-electron chi connectivity index (χ1n) is 10.7. The van der Waals surface area contributed by atoms with Gasteiger partial charge < -0.3 is 15.0 Å². The Bertz CT molecular complexity index is 1220. The van der Waals surface area contributed by atoms with Crippen LogP contribution in [0.1, 0.15) is 32.9 Å². The van der Waals surface area contributed by atoms with Gasteiger partial charge in [0.15, 0.2) is 11.2 Å². The molecule has 3 aromatic rings. The van der Waals surface area contributed by atoms with Crippen LogP contribution in [0, 0.1) is 11.3 Å². The van der Waals surface area contributed by atoms with Crippen molar-refractivity contribution in [2.45, 2.75) is 25.5 Å². The molecule has 2 aliphatic rings. The molecular formula is C24H21N5O3S. The lowest BCUT2D eigenvalue weighted by Crippen LogP contribution is -2.32. The molecule has 2 N–H and O–H groups in total. The number of fused-ring (bicyclic) bond motifs is 1. The molecule has 2 amide bonds. The second-order valence-corrected chi connectivity index (χ2v) is 8.92. The van der Waals surface area contributed by atoms with Gasteiger partial charge in [-0.3, -0.25) is 14.9 Å². The SMILES string of the molecule is N#Cc1ccc(N2CCC(Oc3cccc(C(=O)Nc4nc5c(s4)CNCC5)c3)C2=O)cc1. The molecule has 0 spiro atoms. The number of nitrogens with one attached hydrogen (secondary N) is 2. The highest BCUT2D eigenvalue weighted by molar-refractivity contribution is 7.15. The second kappa shape index (κ2) is 9.02. The lowest BCUT2D eigenvalue weighted by atomic mass is 10.2. The molecule has 1 fully saturated rings. The Morgan fingerprint density at radius 2 is 2.12 bits per heavy atom. The van der Waals surface area contributed by atoms with Gasteiger partial charge in [0, 0.05) is 48.6 Å². The molecule has 0 radical (unpaired) electrons. The zero-order valence-corrected chi connectivity index (χ0v) is 18.5. The van der Waals surface area contributed by atoms with E-state index in [1.807, 2.05) is 0 Å². The van der Waals surface area contributed by atoms with Gasteiger partial charge in [0.25, 0.3) is 11.8 Å². The van der Waals surface area contributed by atoms with Crippen LogP contribution in [-0.4, -0.2) is 36.0 Å². The van der Waals surface area contributed by atoms with Gasteiger partial charge in [-0.05, 0) is 42.5 Å². The van der Waals surface area contributed by atoms with Crippen molar-refractivity contribution >= 4 is 34.0 Å². The summed E-state index contributed by atoms with van der Waals surface area (Å²) < 4.78 is 5.95. The predicted octanol–water partition coefficient (Wildman–Crippen LogP) is 3.10. The first kappa shape index (κ1) is 21.1. The fourth-order valence-electron chi connectivity index (χ4n) is 3.96. The van der Waals surface area contributed by atoms with Crippen molar-refractivity contribution in [2.75, 3.05) is 23.3 Å². The molecular weight excluding hydrogens is 438 g/mol. The van der Waals surface area contributed by atoms with Crippen LogP contribution in [0.25, 0.3) is 0 Å². The number of amides is 2. The maximum absolute atomic E-state index is 12.9. The third-order valence-electron chi connectivity index (χ3n) is 5.66. The van der Waals surface area contributed by atoms with E-state index in [9.17, 15) is 9.59 Å². The summed E-state index contributed by atoms with van der Waals surface area (Å²) in [5, 5.41) is 15.7. The number of rotatable bonds is 5. The quantitative estimate of drug-likeness (QED) is 0.607. The minimum atomic E-state index is -0.628. The Balaban J connectivity index is 1.24. The molecule has 5 rings (SSSR count). The van der Waals surface area contributed by atoms with Crippen LogP contribution in [0.4, 0.5) is 10.8 Å². The molecule has 2 aliphatic heterocycles. The van der Waals surface area contributed by atoms with Crippen LogP contribution in [0.5, 0.6) is 5.75 Å². The summed E-state index contributed by atoms with van der Waals surface area (Å²) in [6.45, 7) is 2.20. The Kier molecular flexibility index (Phi) is 5.77. The van der Waals surface area contributed by atoms with Gasteiger partial charge in [-0.1, -0.05) is 6.07 Å². The van der Waals surface area contributed by atoms with E-state index in [1.54, 1.807) is 53.4 Å². The summed E-state index contributed by atoms with van der Waals surface area (Å²) >= 11 is 1.48. The minimum Gasteiger partial charge on any atom is -0.480 e. The molecule has 0 bridgehead atoms. The van der Waals surface area contributed by atoms with Crippen molar-refractivity contribution in [3.63, 3.8) is 0 Å². The number of ether oxygens (including phenoxy) is 1. The summed E-state index contributed by atoms with van der Waals surface area (Å²) in [5.74, 6) is 0.0540. The van der Waals surface area contributed by atoms with Gasteiger partial charge in [0.2, 0.25) is 0 Å². The molecule has 8 nitrogen and oxygen atoms in total. The number of aromatic nitrogens is 1. The number of benzene rings is 2. The second-order valence-electron chi connectivity index (χ2n) is 7.84. The number of carbonyl (C=O) groups is 2. The molecule has 1 aromatic heterocycles. The fraction of sp³-hybridized carbons (Fsp3) is 0.250. The van der Waals surface area contributed by atoms with Crippen molar-refractivity contribution < 1.29 is 14.3 Å². The van der Waals surface area contributed by atoms with Crippen molar-refractivity contribution in [2.24, 2.45) is 0 Å². The monoisotopic (exact) mass is 459 g/mol. The van der Waals surface area contributed by atoms with E-state index < -0.39 is 6.10 Å². The molecule has 1 unspecified atom stereocenters. The van der Waals surface area contributed by atoms with Crippen molar-refractivity contribution in [1.29, 1.82) is 5.26 Å². The maximum Gasteiger partial charge on any atom is 0.268 e. The number of carbonyl (C=O) groups excluding carboxylic acids is 2. The predicted molar refractivity (Wildman–Crippen MR) is 124 cm³/mol. The Morgan fingerprint density at radius 1 is 1.27 bits per heavy atom. The summed E-state index contributed by atoms with van der Waals surface area (Å²) in [4.78, 5) is 33.0. The number of anilines is 2. The number of thiazole rings is 1. The van der Waals surface area contributed by atoms with E-state index in [-0.39, 0.29) is 11.8 Å². The van der Waals surface area contributed by atoms with E-state index in [0.29, 0.717) is 35.0 Å². The molecule has 166 valence electrons. The summed E-state index contributed by atoms with van der Waals surface area (Å²) in [5.41, 5.74) is 2.76. The highest BCUT2D eigenvalue weighted by Crippen LogP contribution is 2.27. The molecule has 1 saturated heterocycles. The number of hydrogen-bond donors (Lipinski definition) is 2. The Labute approximate surface area is 194 Å². The van der Waals surface area contributed by atoms with Crippen molar-refractivity contribution in [3.05, 3.63) is 70.2 Å². The summed E-state index contributed by atoms with van der Waals surface area (Å²) in [6.07, 6.45) is 0.769. The highest BCUT2D eigenvalue weighted by Gasteiger charge is 2.34. The average Bonchev–Trinajstić information content (AvgIpc) is 3.42. The molecule has 0 saturated carbocycles. The van der Waals surface area contributed by atoms with Crippen LogP contribution in [0.2, 0.25) is 0 Å². The Hall–Kier alpha value is -3.74. The number of nitriles is 1. The number of hydrogen-bond acceptors (Lipinski definition) is 7. The third-order valence-corrected chi connectivity index (χ3v) is 6.67. The zero-order valence-electron chi connectivity index (χ0n) is 17.7. The van der Waals surface area contributed by atoms with Gasteiger partial charge >= 0.3 is 0 Å². The molecule has 2 aromatic carbocycles. The molecule has 33 heavy (non-hydrogen) atoms. The van der Waals surface area contributed by atoms with Crippen LogP contribution in [0.3, 0.4) is 0 Å². The first-order valence-corrected chi connectivity index (χ1v) is 11.5. The topological polar surface area (TPSA) is 107 Å². The van der Waals surface area contributed by atoms with E-state index >= 15 is 0 Å². The fourth-order valence-corrected chi connectivity index (χ4v) is 4.93. The maximum atomic E-state index is 12.9. The van der Waals surface area contributed by atoms with E-state index in [4.69, 9.17) is 10.00 Å². The number of nitrogens with zero attached hydrogens (tertiary/aromatic N) is 3. The molecule has 0 aliphatic carbocycles.